The number of hydrogen-bond acceptors (Lipinski definition) is 5. The number of nitrogens with zero attached hydrogens (tertiary/aromatic N) is 3. The Kier molecular flexibility index (Phi) is 5.90. The van der Waals surface area contributed by atoms with Crippen LogP contribution < -0.4 is 4.90 Å². The van der Waals surface area contributed by atoms with E-state index >= 15 is 0 Å². The normalized spacial score (nSPS) is 13.3. The maximum atomic E-state index is 13.4. The monoisotopic (exact) mass is 505 g/mol. The van der Waals surface area contributed by atoms with Crippen LogP contribution in [0.25, 0.3) is 22.4 Å². The van der Waals surface area contributed by atoms with Gasteiger partial charge in [-0.05, 0) is 47.4 Å². The van der Waals surface area contributed by atoms with Gasteiger partial charge in [-0.3, -0.25) is 4.79 Å². The van der Waals surface area contributed by atoms with Gasteiger partial charge >= 0.3 is 0 Å². The van der Waals surface area contributed by atoms with Crippen molar-refractivity contribution in [3.63, 3.8) is 0 Å². The molecule has 0 aliphatic heterocycles. The van der Waals surface area contributed by atoms with Gasteiger partial charge < -0.3 is 4.90 Å². The molecule has 178 valence electrons. The molecule has 0 spiro atoms. The molecule has 0 unspecified atom stereocenters. The molecule has 1 aliphatic rings. The number of hydrogen-bond donors (Lipinski definition) is 0. The van der Waals surface area contributed by atoms with Crippen molar-refractivity contribution in [1.29, 1.82) is 10.5 Å². The molecule has 0 atom stereocenters. The SMILES string of the molecule is N#CC(C#N)=C1/C(=C/c2ccc(N(c3ccccc3)c3cccc4ccccc34)s2)C(=O)c2ccccc21. The summed E-state index contributed by atoms with van der Waals surface area (Å²) in [5.74, 6) is -0.178. The first-order valence-corrected chi connectivity index (χ1v) is 12.8. The van der Waals surface area contributed by atoms with Crippen LogP contribution in [-0.4, -0.2) is 5.78 Å². The molecule has 0 radical (unpaired) electrons. The average molecular weight is 506 g/mol. The first kappa shape index (κ1) is 23.2. The van der Waals surface area contributed by atoms with Crippen molar-refractivity contribution in [1.82, 2.24) is 0 Å². The zero-order valence-electron chi connectivity index (χ0n) is 20.1. The van der Waals surface area contributed by atoms with E-state index in [1.165, 1.54) is 0 Å². The Morgan fingerprint density at radius 3 is 2.21 bits per heavy atom. The number of nitriles is 2. The summed E-state index contributed by atoms with van der Waals surface area (Å²) in [6.45, 7) is 0. The molecule has 0 saturated carbocycles. The predicted molar refractivity (Wildman–Crippen MR) is 153 cm³/mol. The fraction of sp³-hybridized carbons (Fsp3) is 0. The Bertz CT molecular complexity index is 1840. The van der Waals surface area contributed by atoms with Crippen LogP contribution in [0.2, 0.25) is 0 Å². The second-order valence-corrected chi connectivity index (χ2v) is 9.85. The number of benzene rings is 4. The molecule has 0 bridgehead atoms. The third-order valence-electron chi connectivity index (χ3n) is 6.57. The highest BCUT2D eigenvalue weighted by atomic mass is 32.1. The van der Waals surface area contributed by atoms with E-state index in [1.807, 2.05) is 60.7 Å². The van der Waals surface area contributed by atoms with E-state index in [4.69, 9.17) is 0 Å². The van der Waals surface area contributed by atoms with Crippen LogP contribution in [0.4, 0.5) is 16.4 Å². The molecule has 1 aliphatic carbocycles. The number of carbonyl (C=O) groups excluding carboxylic acids is 1. The van der Waals surface area contributed by atoms with E-state index in [1.54, 1.807) is 35.6 Å². The smallest absolute Gasteiger partial charge is 0.194 e. The van der Waals surface area contributed by atoms with Crippen molar-refractivity contribution < 1.29 is 4.79 Å². The van der Waals surface area contributed by atoms with Gasteiger partial charge in [0.25, 0.3) is 0 Å². The number of thiophene rings is 1. The van der Waals surface area contributed by atoms with Gasteiger partial charge in [-0.25, -0.2) is 0 Å². The standard InChI is InChI=1S/C33H19N3OS/c34-20-23(21-35)32-27-14-6-7-15-28(27)33(37)29(32)19-25-17-18-31(38-25)36(24-11-2-1-3-12-24)30-16-8-10-22-9-4-5-13-26(22)30/h1-19H/b29-19-. The molecule has 5 aromatic rings. The van der Waals surface area contributed by atoms with Crippen molar-refractivity contribution in [2.24, 2.45) is 0 Å². The van der Waals surface area contributed by atoms with Gasteiger partial charge in [-0.2, -0.15) is 10.5 Å². The summed E-state index contributed by atoms with van der Waals surface area (Å²) < 4.78 is 0. The zero-order valence-corrected chi connectivity index (χ0v) is 20.9. The highest BCUT2D eigenvalue weighted by Gasteiger charge is 2.32. The summed E-state index contributed by atoms with van der Waals surface area (Å²) in [4.78, 5) is 16.4. The minimum absolute atomic E-state index is 0.0620. The predicted octanol–water partition coefficient (Wildman–Crippen LogP) is 8.45. The molecule has 0 N–H and O–H groups in total. The largest absolute Gasteiger partial charge is 0.301 e. The first-order valence-electron chi connectivity index (χ1n) is 12.0. The van der Waals surface area contributed by atoms with Crippen LogP contribution in [0.1, 0.15) is 20.8 Å². The van der Waals surface area contributed by atoms with E-state index in [0.717, 1.165) is 32.0 Å². The number of anilines is 3. The molecular formula is C33H19N3OS. The first-order chi connectivity index (χ1) is 18.7. The van der Waals surface area contributed by atoms with Crippen molar-refractivity contribution in [2.75, 3.05) is 4.90 Å². The molecule has 4 aromatic carbocycles. The summed E-state index contributed by atoms with van der Waals surface area (Å²) >= 11 is 1.54. The Morgan fingerprint density at radius 1 is 0.737 bits per heavy atom. The molecule has 5 heteroatoms. The van der Waals surface area contributed by atoms with Crippen molar-refractivity contribution >= 4 is 55.9 Å². The van der Waals surface area contributed by atoms with E-state index in [9.17, 15) is 15.3 Å². The molecule has 0 saturated heterocycles. The third kappa shape index (κ3) is 3.89. The summed E-state index contributed by atoms with van der Waals surface area (Å²) in [6.07, 6.45) is 1.80. The minimum atomic E-state index is -0.178. The van der Waals surface area contributed by atoms with Crippen molar-refractivity contribution in [3.8, 4) is 12.1 Å². The van der Waals surface area contributed by atoms with E-state index < -0.39 is 0 Å². The second-order valence-electron chi connectivity index (χ2n) is 8.75. The van der Waals surface area contributed by atoms with Gasteiger partial charge in [0.15, 0.2) is 5.78 Å². The number of allylic oxidation sites excluding steroid dienone is 3. The van der Waals surface area contributed by atoms with Gasteiger partial charge in [0.2, 0.25) is 0 Å². The van der Waals surface area contributed by atoms with Gasteiger partial charge in [-0.15, -0.1) is 11.3 Å². The molecular weight excluding hydrogens is 486 g/mol. The number of para-hydroxylation sites is 1. The summed E-state index contributed by atoms with van der Waals surface area (Å²) in [5, 5.41) is 22.5. The Balaban J connectivity index is 1.50. The molecule has 1 heterocycles. The Hall–Kier alpha value is -5.23. The van der Waals surface area contributed by atoms with Gasteiger partial charge in [-0.1, -0.05) is 78.9 Å². The molecule has 6 rings (SSSR count). The molecule has 38 heavy (non-hydrogen) atoms. The van der Waals surface area contributed by atoms with Crippen LogP contribution in [0.5, 0.6) is 0 Å². The van der Waals surface area contributed by atoms with E-state index in [2.05, 4.69) is 47.4 Å². The van der Waals surface area contributed by atoms with Crippen LogP contribution >= 0.6 is 11.3 Å². The van der Waals surface area contributed by atoms with E-state index in [-0.39, 0.29) is 11.4 Å². The molecule has 0 fully saturated rings. The Labute approximate surface area is 224 Å². The highest BCUT2D eigenvalue weighted by molar-refractivity contribution is 7.17. The van der Waals surface area contributed by atoms with Gasteiger partial charge in [0.1, 0.15) is 22.7 Å². The van der Waals surface area contributed by atoms with Crippen LogP contribution in [0.3, 0.4) is 0 Å². The summed E-state index contributed by atoms with van der Waals surface area (Å²) in [6, 6.07) is 39.8. The quantitative estimate of drug-likeness (QED) is 0.181. The van der Waals surface area contributed by atoms with Crippen molar-refractivity contribution in [3.05, 3.63) is 136 Å². The maximum Gasteiger partial charge on any atom is 0.194 e. The number of ketones is 1. The number of carbonyl (C=O) groups is 1. The van der Waals surface area contributed by atoms with Crippen molar-refractivity contribution in [2.45, 2.75) is 0 Å². The minimum Gasteiger partial charge on any atom is -0.301 e. The maximum absolute atomic E-state index is 13.4. The van der Waals surface area contributed by atoms with Gasteiger partial charge in [0.05, 0.1) is 5.69 Å². The fourth-order valence-electron chi connectivity index (χ4n) is 4.89. The molecule has 0 amide bonds. The average Bonchev–Trinajstić information content (AvgIpc) is 3.53. The number of Topliss-reactive ketones (excluding diaryl/α,β-unsaturated/α-hetero) is 1. The lowest BCUT2D eigenvalue weighted by atomic mass is 9.99. The summed E-state index contributed by atoms with van der Waals surface area (Å²) in [7, 11) is 0. The third-order valence-corrected chi connectivity index (χ3v) is 7.59. The number of rotatable bonds is 4. The van der Waals surface area contributed by atoms with Crippen LogP contribution in [0.15, 0.2) is 120 Å². The number of fused-ring (bicyclic) bond motifs is 2. The highest BCUT2D eigenvalue weighted by Crippen LogP contribution is 2.44. The Morgan fingerprint density at radius 2 is 1.42 bits per heavy atom. The second kappa shape index (κ2) is 9.67. The lowest BCUT2D eigenvalue weighted by Crippen LogP contribution is -2.08. The molecule has 1 aromatic heterocycles. The summed E-state index contributed by atoms with van der Waals surface area (Å²) in [5.41, 5.74) is 3.92. The lowest BCUT2D eigenvalue weighted by Gasteiger charge is -2.25. The topological polar surface area (TPSA) is 67.9 Å². The fourth-order valence-corrected chi connectivity index (χ4v) is 5.88. The zero-order chi connectivity index (χ0) is 26.1. The van der Waals surface area contributed by atoms with E-state index in [0.29, 0.717) is 22.3 Å². The van der Waals surface area contributed by atoms with Gasteiger partial charge in [0, 0.05) is 32.7 Å². The van der Waals surface area contributed by atoms with Crippen LogP contribution in [0, 0.1) is 22.7 Å². The van der Waals surface area contributed by atoms with Crippen LogP contribution in [-0.2, 0) is 0 Å². The molecule has 4 nitrogen and oxygen atoms in total. The lowest BCUT2D eigenvalue weighted by molar-refractivity contribution is 0.104.